The standard InChI is InChI=1S/C12H15F/c1-8(2)12-10(9-6-7-9)4-3-5-11(12)13/h3-5,8-9H,6-7H2,1-2H3. The van der Waals surface area contributed by atoms with Crippen molar-refractivity contribution in [2.75, 3.05) is 0 Å². The molecular formula is C12H15F. The van der Waals surface area contributed by atoms with E-state index in [-0.39, 0.29) is 5.82 Å². The van der Waals surface area contributed by atoms with Crippen LogP contribution in [-0.2, 0) is 0 Å². The molecule has 0 amide bonds. The van der Waals surface area contributed by atoms with E-state index in [4.69, 9.17) is 0 Å². The Morgan fingerprint density at radius 3 is 2.54 bits per heavy atom. The zero-order valence-electron chi connectivity index (χ0n) is 8.18. The molecule has 1 aliphatic rings. The van der Waals surface area contributed by atoms with E-state index in [9.17, 15) is 4.39 Å². The van der Waals surface area contributed by atoms with E-state index in [1.807, 2.05) is 6.07 Å². The van der Waals surface area contributed by atoms with Gasteiger partial charge in [0.2, 0.25) is 0 Å². The van der Waals surface area contributed by atoms with Crippen LogP contribution >= 0.6 is 0 Å². The molecule has 1 heteroatoms. The van der Waals surface area contributed by atoms with E-state index < -0.39 is 0 Å². The molecule has 0 saturated heterocycles. The molecule has 2 rings (SSSR count). The van der Waals surface area contributed by atoms with Gasteiger partial charge in [0.1, 0.15) is 5.82 Å². The molecule has 0 spiro atoms. The molecular weight excluding hydrogens is 163 g/mol. The van der Waals surface area contributed by atoms with Gasteiger partial charge in [0, 0.05) is 0 Å². The molecule has 0 bridgehead atoms. The zero-order chi connectivity index (χ0) is 9.42. The van der Waals surface area contributed by atoms with E-state index in [1.165, 1.54) is 18.4 Å². The van der Waals surface area contributed by atoms with Gasteiger partial charge in [-0.2, -0.15) is 0 Å². The van der Waals surface area contributed by atoms with Crippen LogP contribution in [0, 0.1) is 5.82 Å². The summed E-state index contributed by atoms with van der Waals surface area (Å²) in [7, 11) is 0. The van der Waals surface area contributed by atoms with E-state index in [1.54, 1.807) is 6.07 Å². The van der Waals surface area contributed by atoms with Gasteiger partial charge in [-0.1, -0.05) is 26.0 Å². The molecule has 1 fully saturated rings. The molecule has 1 aromatic carbocycles. The zero-order valence-corrected chi connectivity index (χ0v) is 8.18. The van der Waals surface area contributed by atoms with Crippen LogP contribution in [0.2, 0.25) is 0 Å². The van der Waals surface area contributed by atoms with Gasteiger partial charge in [-0.15, -0.1) is 0 Å². The molecule has 0 aliphatic heterocycles. The summed E-state index contributed by atoms with van der Waals surface area (Å²) >= 11 is 0. The van der Waals surface area contributed by atoms with E-state index >= 15 is 0 Å². The van der Waals surface area contributed by atoms with Gasteiger partial charge in [0.05, 0.1) is 0 Å². The Morgan fingerprint density at radius 1 is 1.31 bits per heavy atom. The minimum Gasteiger partial charge on any atom is -0.207 e. The summed E-state index contributed by atoms with van der Waals surface area (Å²) < 4.78 is 13.5. The van der Waals surface area contributed by atoms with Crippen molar-refractivity contribution in [1.29, 1.82) is 0 Å². The highest BCUT2D eigenvalue weighted by Crippen LogP contribution is 2.43. The molecule has 0 nitrogen and oxygen atoms in total. The van der Waals surface area contributed by atoms with Crippen molar-refractivity contribution in [3.8, 4) is 0 Å². The summed E-state index contributed by atoms with van der Waals surface area (Å²) in [6.07, 6.45) is 2.48. The Morgan fingerprint density at radius 2 is 2.00 bits per heavy atom. The van der Waals surface area contributed by atoms with E-state index in [0.29, 0.717) is 11.8 Å². The Kier molecular flexibility index (Phi) is 2.10. The number of rotatable bonds is 2. The van der Waals surface area contributed by atoms with Gasteiger partial charge in [-0.25, -0.2) is 4.39 Å². The molecule has 0 N–H and O–H groups in total. The summed E-state index contributed by atoms with van der Waals surface area (Å²) in [6.45, 7) is 4.12. The van der Waals surface area contributed by atoms with Crippen LogP contribution in [0.1, 0.15) is 49.7 Å². The van der Waals surface area contributed by atoms with Crippen molar-refractivity contribution in [2.24, 2.45) is 0 Å². The van der Waals surface area contributed by atoms with Crippen molar-refractivity contribution in [1.82, 2.24) is 0 Å². The number of halogens is 1. The van der Waals surface area contributed by atoms with Crippen molar-refractivity contribution in [3.05, 3.63) is 35.1 Å². The Balaban J connectivity index is 2.47. The molecule has 1 saturated carbocycles. The minimum absolute atomic E-state index is 0.0283. The highest BCUT2D eigenvalue weighted by molar-refractivity contribution is 5.36. The minimum atomic E-state index is -0.0283. The second kappa shape index (κ2) is 3.13. The van der Waals surface area contributed by atoms with Gasteiger partial charge in [0.25, 0.3) is 0 Å². The van der Waals surface area contributed by atoms with Crippen LogP contribution in [0.5, 0.6) is 0 Å². The third-order valence-electron chi connectivity index (χ3n) is 2.68. The van der Waals surface area contributed by atoms with Gasteiger partial charge < -0.3 is 0 Å². The largest absolute Gasteiger partial charge is 0.207 e. The first-order valence-electron chi connectivity index (χ1n) is 4.98. The molecule has 0 heterocycles. The molecule has 1 aromatic rings. The lowest BCUT2D eigenvalue weighted by atomic mass is 9.94. The fourth-order valence-corrected chi connectivity index (χ4v) is 1.91. The van der Waals surface area contributed by atoms with Gasteiger partial charge in [-0.05, 0) is 41.9 Å². The molecule has 13 heavy (non-hydrogen) atoms. The van der Waals surface area contributed by atoms with Crippen LogP contribution in [0.15, 0.2) is 18.2 Å². The predicted molar refractivity (Wildman–Crippen MR) is 52.5 cm³/mol. The normalized spacial score (nSPS) is 16.6. The average Bonchev–Trinajstić information content (AvgIpc) is 2.85. The third-order valence-corrected chi connectivity index (χ3v) is 2.68. The Labute approximate surface area is 78.8 Å². The second-order valence-corrected chi connectivity index (χ2v) is 4.17. The van der Waals surface area contributed by atoms with Crippen LogP contribution in [0.25, 0.3) is 0 Å². The van der Waals surface area contributed by atoms with Crippen molar-refractivity contribution >= 4 is 0 Å². The monoisotopic (exact) mass is 178 g/mol. The van der Waals surface area contributed by atoms with Crippen molar-refractivity contribution < 1.29 is 4.39 Å². The van der Waals surface area contributed by atoms with Gasteiger partial charge >= 0.3 is 0 Å². The first-order chi connectivity index (χ1) is 6.20. The van der Waals surface area contributed by atoms with Crippen LogP contribution in [0.4, 0.5) is 4.39 Å². The highest BCUT2D eigenvalue weighted by Gasteiger charge is 2.27. The van der Waals surface area contributed by atoms with Gasteiger partial charge in [-0.3, -0.25) is 0 Å². The summed E-state index contributed by atoms with van der Waals surface area (Å²) in [4.78, 5) is 0. The fraction of sp³-hybridized carbons (Fsp3) is 0.500. The maximum atomic E-state index is 13.5. The Bertz CT molecular complexity index is 311. The SMILES string of the molecule is CC(C)c1c(F)cccc1C1CC1. The second-order valence-electron chi connectivity index (χ2n) is 4.17. The number of hydrogen-bond acceptors (Lipinski definition) is 0. The number of hydrogen-bond donors (Lipinski definition) is 0. The van der Waals surface area contributed by atoms with Crippen LogP contribution in [-0.4, -0.2) is 0 Å². The molecule has 0 unspecified atom stereocenters. The average molecular weight is 178 g/mol. The summed E-state index contributed by atoms with van der Waals surface area (Å²) in [5, 5.41) is 0. The molecule has 1 aliphatic carbocycles. The molecule has 70 valence electrons. The Hall–Kier alpha value is -0.850. The lowest BCUT2D eigenvalue weighted by Gasteiger charge is -2.12. The highest BCUT2D eigenvalue weighted by atomic mass is 19.1. The third kappa shape index (κ3) is 1.60. The number of benzene rings is 1. The topological polar surface area (TPSA) is 0 Å². The maximum Gasteiger partial charge on any atom is 0.126 e. The van der Waals surface area contributed by atoms with E-state index in [0.717, 1.165) is 5.56 Å². The van der Waals surface area contributed by atoms with Crippen molar-refractivity contribution in [2.45, 2.75) is 38.5 Å². The summed E-state index contributed by atoms with van der Waals surface area (Å²) in [5.41, 5.74) is 2.18. The molecule has 0 radical (unpaired) electrons. The molecule has 0 atom stereocenters. The predicted octanol–water partition coefficient (Wildman–Crippen LogP) is 3.83. The van der Waals surface area contributed by atoms with E-state index in [2.05, 4.69) is 19.9 Å². The maximum absolute atomic E-state index is 13.5. The first kappa shape index (κ1) is 8.74. The van der Waals surface area contributed by atoms with Crippen molar-refractivity contribution in [3.63, 3.8) is 0 Å². The molecule has 0 aromatic heterocycles. The lowest BCUT2D eigenvalue weighted by Crippen LogP contribution is -1.98. The lowest BCUT2D eigenvalue weighted by molar-refractivity contribution is 0.593. The van der Waals surface area contributed by atoms with Gasteiger partial charge in [0.15, 0.2) is 0 Å². The summed E-state index contributed by atoms with van der Waals surface area (Å²) in [6, 6.07) is 5.48. The summed E-state index contributed by atoms with van der Waals surface area (Å²) in [5.74, 6) is 0.921. The van der Waals surface area contributed by atoms with Crippen LogP contribution < -0.4 is 0 Å². The smallest absolute Gasteiger partial charge is 0.126 e. The quantitative estimate of drug-likeness (QED) is 0.645. The fourth-order valence-electron chi connectivity index (χ4n) is 1.91. The first-order valence-corrected chi connectivity index (χ1v) is 4.98. The van der Waals surface area contributed by atoms with Crippen LogP contribution in [0.3, 0.4) is 0 Å².